The van der Waals surface area contributed by atoms with Gasteiger partial charge in [0.1, 0.15) is 11.5 Å². The van der Waals surface area contributed by atoms with Gasteiger partial charge in [0.15, 0.2) is 5.78 Å². The predicted molar refractivity (Wildman–Crippen MR) is 87.3 cm³/mol. The van der Waals surface area contributed by atoms with Gasteiger partial charge in [0.2, 0.25) is 11.5 Å². The first-order valence-corrected chi connectivity index (χ1v) is 7.63. The molecule has 6 heteroatoms. The van der Waals surface area contributed by atoms with Gasteiger partial charge < -0.3 is 14.4 Å². The summed E-state index contributed by atoms with van der Waals surface area (Å²) in [5.74, 6) is -0.542. The molecule has 1 aliphatic carbocycles. The molecule has 3 aromatic rings. The summed E-state index contributed by atoms with van der Waals surface area (Å²) < 4.78 is 10.3. The van der Waals surface area contributed by atoms with Crippen molar-refractivity contribution in [1.82, 2.24) is 5.16 Å². The van der Waals surface area contributed by atoms with Crippen molar-refractivity contribution >= 4 is 11.6 Å². The van der Waals surface area contributed by atoms with E-state index in [2.05, 4.69) is 5.16 Å². The van der Waals surface area contributed by atoms with E-state index in [0.29, 0.717) is 12.1 Å². The van der Waals surface area contributed by atoms with Gasteiger partial charge in [-0.3, -0.25) is 9.59 Å². The van der Waals surface area contributed by atoms with Crippen LogP contribution < -0.4 is 4.74 Å². The normalized spacial score (nSPS) is 12.7. The molecule has 0 atom stereocenters. The van der Waals surface area contributed by atoms with Crippen LogP contribution in [0.1, 0.15) is 43.3 Å². The number of hydrogen-bond donors (Lipinski definition) is 1. The van der Waals surface area contributed by atoms with Crippen LogP contribution in [-0.4, -0.2) is 28.9 Å². The van der Waals surface area contributed by atoms with Gasteiger partial charge >= 0.3 is 0 Å². The third-order valence-electron chi connectivity index (χ3n) is 4.24. The Balaban J connectivity index is 1.76. The van der Waals surface area contributed by atoms with Crippen LogP contribution in [0.25, 0.3) is 0 Å². The molecule has 124 valence electrons. The van der Waals surface area contributed by atoms with E-state index in [4.69, 9.17) is 9.26 Å². The van der Waals surface area contributed by atoms with Gasteiger partial charge in [-0.05, 0) is 23.8 Å². The number of rotatable bonds is 3. The molecule has 6 nitrogen and oxygen atoms in total. The Labute approximate surface area is 142 Å². The molecule has 1 aliphatic rings. The molecule has 0 radical (unpaired) electrons. The van der Waals surface area contributed by atoms with E-state index in [9.17, 15) is 14.7 Å². The molecule has 0 saturated heterocycles. The summed E-state index contributed by atoms with van der Waals surface area (Å²) in [5, 5.41) is 13.8. The Bertz CT molecular complexity index is 1000. The summed E-state index contributed by atoms with van der Waals surface area (Å²) in [5.41, 5.74) is 1.59. The van der Waals surface area contributed by atoms with Gasteiger partial charge in [-0.1, -0.05) is 29.4 Å². The largest absolute Gasteiger partial charge is 0.507 e. The molecule has 0 aliphatic heterocycles. The van der Waals surface area contributed by atoms with Crippen molar-refractivity contribution in [2.24, 2.45) is 0 Å². The lowest BCUT2D eigenvalue weighted by molar-refractivity contribution is 0.0952. The molecule has 0 saturated carbocycles. The van der Waals surface area contributed by atoms with Crippen molar-refractivity contribution in [2.45, 2.75) is 6.42 Å². The standard InChI is InChI=1S/C19H13NO5/c1-24-11-7-5-10(6-8-11)9-13-16-17(22)12-3-2-4-14(21)15(12)18(23)19(16)25-20-13/h2-8,21H,9H2,1H3. The molecule has 0 fully saturated rings. The molecule has 2 aromatic carbocycles. The van der Waals surface area contributed by atoms with Gasteiger partial charge in [-0.15, -0.1) is 0 Å². The van der Waals surface area contributed by atoms with Crippen LogP contribution in [0.3, 0.4) is 0 Å². The molecule has 4 rings (SSSR count). The van der Waals surface area contributed by atoms with Crippen molar-refractivity contribution in [3.05, 3.63) is 76.2 Å². The molecular formula is C19H13NO5. The number of benzene rings is 2. The number of carbonyl (C=O) groups excluding carboxylic acids is 2. The number of phenolic OH excluding ortho intramolecular Hbond substituents is 1. The van der Waals surface area contributed by atoms with Crippen LogP contribution >= 0.6 is 0 Å². The van der Waals surface area contributed by atoms with E-state index in [1.807, 2.05) is 24.3 Å². The molecule has 0 unspecified atom stereocenters. The second-order valence-electron chi connectivity index (χ2n) is 5.72. The maximum absolute atomic E-state index is 12.8. The Morgan fingerprint density at radius 3 is 2.52 bits per heavy atom. The second-order valence-corrected chi connectivity index (χ2v) is 5.72. The minimum Gasteiger partial charge on any atom is -0.507 e. The van der Waals surface area contributed by atoms with E-state index in [1.54, 1.807) is 7.11 Å². The quantitative estimate of drug-likeness (QED) is 0.619. The number of ketones is 2. The number of ether oxygens (including phenoxy) is 1. The molecule has 0 amide bonds. The number of aromatic hydroxyl groups is 1. The molecule has 1 heterocycles. The number of phenols is 1. The zero-order chi connectivity index (χ0) is 17.6. The van der Waals surface area contributed by atoms with Crippen molar-refractivity contribution in [1.29, 1.82) is 0 Å². The van der Waals surface area contributed by atoms with Crippen LogP contribution in [0.15, 0.2) is 47.0 Å². The average molecular weight is 335 g/mol. The SMILES string of the molecule is COc1ccc(Cc2noc3c2C(=O)c2cccc(O)c2C3=O)cc1. The van der Waals surface area contributed by atoms with E-state index in [1.165, 1.54) is 18.2 Å². The topological polar surface area (TPSA) is 89.6 Å². The second kappa shape index (κ2) is 5.59. The molecular weight excluding hydrogens is 322 g/mol. The van der Waals surface area contributed by atoms with Gasteiger partial charge in [-0.25, -0.2) is 0 Å². The van der Waals surface area contributed by atoms with E-state index < -0.39 is 5.78 Å². The number of fused-ring (bicyclic) bond motifs is 2. The zero-order valence-electron chi connectivity index (χ0n) is 13.3. The fourth-order valence-corrected chi connectivity index (χ4v) is 2.99. The fourth-order valence-electron chi connectivity index (χ4n) is 2.99. The molecule has 1 aromatic heterocycles. The van der Waals surface area contributed by atoms with Crippen LogP contribution in [0.5, 0.6) is 11.5 Å². The third kappa shape index (κ3) is 2.30. The van der Waals surface area contributed by atoms with E-state index in [-0.39, 0.29) is 34.0 Å². The monoisotopic (exact) mass is 335 g/mol. The number of carbonyl (C=O) groups is 2. The van der Waals surface area contributed by atoms with E-state index in [0.717, 1.165) is 11.3 Å². The first-order chi connectivity index (χ1) is 12.1. The highest BCUT2D eigenvalue weighted by Gasteiger charge is 2.38. The summed E-state index contributed by atoms with van der Waals surface area (Å²) in [6.45, 7) is 0. The minimum absolute atomic E-state index is 0.0350. The van der Waals surface area contributed by atoms with Gasteiger partial charge in [0, 0.05) is 12.0 Å². The van der Waals surface area contributed by atoms with Crippen LogP contribution in [0.2, 0.25) is 0 Å². The Hall–Kier alpha value is -3.41. The maximum atomic E-state index is 12.8. The average Bonchev–Trinajstić information content (AvgIpc) is 3.04. The van der Waals surface area contributed by atoms with Crippen molar-refractivity contribution in [3.63, 3.8) is 0 Å². The van der Waals surface area contributed by atoms with Gasteiger partial charge in [0.25, 0.3) is 0 Å². The van der Waals surface area contributed by atoms with E-state index >= 15 is 0 Å². The Morgan fingerprint density at radius 1 is 1.04 bits per heavy atom. The smallest absolute Gasteiger partial charge is 0.236 e. The lowest BCUT2D eigenvalue weighted by Crippen LogP contribution is -2.20. The highest BCUT2D eigenvalue weighted by atomic mass is 16.5. The first kappa shape index (κ1) is 15.1. The van der Waals surface area contributed by atoms with Crippen LogP contribution in [-0.2, 0) is 6.42 Å². The predicted octanol–water partition coefficient (Wildman–Crippen LogP) is 2.76. The zero-order valence-corrected chi connectivity index (χ0v) is 13.3. The number of hydrogen-bond acceptors (Lipinski definition) is 6. The summed E-state index contributed by atoms with van der Waals surface area (Å²) in [7, 11) is 1.58. The van der Waals surface area contributed by atoms with Gasteiger partial charge in [-0.2, -0.15) is 0 Å². The molecule has 25 heavy (non-hydrogen) atoms. The molecule has 1 N–H and O–H groups in total. The summed E-state index contributed by atoms with van der Waals surface area (Å²) >= 11 is 0. The van der Waals surface area contributed by atoms with Crippen LogP contribution in [0, 0.1) is 0 Å². The Kier molecular flexibility index (Phi) is 3.39. The maximum Gasteiger partial charge on any atom is 0.236 e. The number of aromatic nitrogens is 1. The van der Waals surface area contributed by atoms with Gasteiger partial charge in [0.05, 0.1) is 23.9 Å². The summed E-state index contributed by atoms with van der Waals surface area (Å²) in [6, 6.07) is 11.7. The van der Waals surface area contributed by atoms with Crippen molar-refractivity contribution in [2.75, 3.05) is 7.11 Å². The lowest BCUT2D eigenvalue weighted by Gasteiger charge is -2.14. The number of nitrogens with zero attached hydrogens (tertiary/aromatic N) is 1. The van der Waals surface area contributed by atoms with Crippen molar-refractivity contribution in [3.8, 4) is 11.5 Å². The highest BCUT2D eigenvalue weighted by Crippen LogP contribution is 2.34. The minimum atomic E-state index is -0.531. The summed E-state index contributed by atoms with van der Waals surface area (Å²) in [4.78, 5) is 25.4. The summed E-state index contributed by atoms with van der Waals surface area (Å²) in [6.07, 6.45) is 0.343. The fraction of sp³-hybridized carbons (Fsp3) is 0.105. The lowest BCUT2D eigenvalue weighted by atomic mass is 9.86. The molecule has 0 bridgehead atoms. The highest BCUT2D eigenvalue weighted by molar-refractivity contribution is 6.28. The first-order valence-electron chi connectivity index (χ1n) is 7.63. The Morgan fingerprint density at radius 2 is 1.80 bits per heavy atom. The number of methoxy groups -OCH3 is 1. The molecule has 0 spiro atoms. The van der Waals surface area contributed by atoms with Crippen LogP contribution in [0.4, 0.5) is 0 Å². The third-order valence-corrected chi connectivity index (χ3v) is 4.24. The van der Waals surface area contributed by atoms with Crippen molar-refractivity contribution < 1.29 is 24.0 Å².